The third kappa shape index (κ3) is 4.96. The molecule has 1 amide bonds. The Morgan fingerprint density at radius 2 is 1.77 bits per heavy atom. The standard InChI is InChI=1S/C21H23N3O2/c1-16(2)26-20-9-5-17(6-10-20)13-23-21(25)19-7-3-18(4-8-19)14-24-12-11-22-15-24/h3-12,15-16H,13-14H2,1-2H3,(H,23,25). The predicted octanol–water partition coefficient (Wildman–Crippen LogP) is 3.65. The Kier molecular flexibility index (Phi) is 5.69. The summed E-state index contributed by atoms with van der Waals surface area (Å²) in [5.41, 5.74) is 2.81. The molecule has 2 aromatic carbocycles. The number of benzene rings is 2. The maximum atomic E-state index is 12.3. The SMILES string of the molecule is CC(C)Oc1ccc(CNC(=O)c2ccc(Cn3ccnc3)cc2)cc1. The molecule has 0 spiro atoms. The van der Waals surface area contributed by atoms with E-state index in [1.54, 1.807) is 12.5 Å². The Bertz CT molecular complexity index is 823. The normalized spacial score (nSPS) is 10.7. The van der Waals surface area contributed by atoms with E-state index in [1.165, 1.54) is 0 Å². The van der Waals surface area contributed by atoms with Gasteiger partial charge in [0.1, 0.15) is 5.75 Å². The lowest BCUT2D eigenvalue weighted by atomic mass is 10.1. The largest absolute Gasteiger partial charge is 0.491 e. The Hall–Kier alpha value is -3.08. The number of carbonyl (C=O) groups is 1. The average molecular weight is 349 g/mol. The van der Waals surface area contributed by atoms with Crippen molar-refractivity contribution >= 4 is 5.91 Å². The van der Waals surface area contributed by atoms with Crippen LogP contribution >= 0.6 is 0 Å². The predicted molar refractivity (Wildman–Crippen MR) is 101 cm³/mol. The summed E-state index contributed by atoms with van der Waals surface area (Å²) in [4.78, 5) is 16.3. The number of aromatic nitrogens is 2. The van der Waals surface area contributed by atoms with Crippen LogP contribution in [0.4, 0.5) is 0 Å². The summed E-state index contributed by atoms with van der Waals surface area (Å²) in [5, 5.41) is 2.95. The maximum Gasteiger partial charge on any atom is 0.251 e. The first-order valence-electron chi connectivity index (χ1n) is 8.68. The summed E-state index contributed by atoms with van der Waals surface area (Å²) in [6.45, 7) is 5.22. The third-order valence-electron chi connectivity index (χ3n) is 3.89. The summed E-state index contributed by atoms with van der Waals surface area (Å²) >= 11 is 0. The van der Waals surface area contributed by atoms with Gasteiger partial charge in [-0.15, -0.1) is 0 Å². The molecular formula is C21H23N3O2. The molecule has 0 aliphatic carbocycles. The average Bonchev–Trinajstić information content (AvgIpc) is 3.14. The van der Waals surface area contributed by atoms with Crippen molar-refractivity contribution in [2.24, 2.45) is 0 Å². The molecule has 0 saturated carbocycles. The van der Waals surface area contributed by atoms with Gasteiger partial charge in [0.25, 0.3) is 5.91 Å². The smallest absolute Gasteiger partial charge is 0.251 e. The fourth-order valence-corrected chi connectivity index (χ4v) is 2.60. The van der Waals surface area contributed by atoms with E-state index < -0.39 is 0 Å². The molecule has 1 aromatic heterocycles. The van der Waals surface area contributed by atoms with Crippen molar-refractivity contribution in [3.8, 4) is 5.75 Å². The molecule has 3 aromatic rings. The minimum atomic E-state index is -0.0818. The number of hydrogen-bond acceptors (Lipinski definition) is 3. The number of ether oxygens (including phenoxy) is 1. The number of nitrogens with zero attached hydrogens (tertiary/aromatic N) is 2. The summed E-state index contributed by atoms with van der Waals surface area (Å²) in [7, 11) is 0. The molecule has 0 aliphatic rings. The van der Waals surface area contributed by atoms with Crippen molar-refractivity contribution in [2.45, 2.75) is 33.0 Å². The van der Waals surface area contributed by atoms with Crippen molar-refractivity contribution < 1.29 is 9.53 Å². The van der Waals surface area contributed by atoms with Crippen molar-refractivity contribution in [1.29, 1.82) is 0 Å². The Balaban J connectivity index is 1.53. The highest BCUT2D eigenvalue weighted by atomic mass is 16.5. The lowest BCUT2D eigenvalue weighted by molar-refractivity contribution is 0.0951. The molecule has 1 heterocycles. The minimum absolute atomic E-state index is 0.0818. The zero-order valence-corrected chi connectivity index (χ0v) is 15.1. The van der Waals surface area contributed by atoms with E-state index in [9.17, 15) is 4.79 Å². The van der Waals surface area contributed by atoms with Gasteiger partial charge in [-0.25, -0.2) is 4.98 Å². The van der Waals surface area contributed by atoms with Gasteiger partial charge in [-0.2, -0.15) is 0 Å². The lowest BCUT2D eigenvalue weighted by Gasteiger charge is -2.10. The van der Waals surface area contributed by atoms with Gasteiger partial charge < -0.3 is 14.6 Å². The van der Waals surface area contributed by atoms with Crippen molar-refractivity contribution in [3.63, 3.8) is 0 Å². The fourth-order valence-electron chi connectivity index (χ4n) is 2.60. The third-order valence-corrected chi connectivity index (χ3v) is 3.89. The summed E-state index contributed by atoms with van der Waals surface area (Å²) in [6, 6.07) is 15.4. The first kappa shape index (κ1) is 17.7. The van der Waals surface area contributed by atoms with Crippen LogP contribution in [0.25, 0.3) is 0 Å². The van der Waals surface area contributed by atoms with Gasteiger partial charge in [0.15, 0.2) is 0 Å². The second-order valence-corrected chi connectivity index (χ2v) is 6.43. The van der Waals surface area contributed by atoms with Gasteiger partial charge in [-0.1, -0.05) is 24.3 Å². The second-order valence-electron chi connectivity index (χ2n) is 6.43. The number of hydrogen-bond donors (Lipinski definition) is 1. The van der Waals surface area contributed by atoms with E-state index in [0.717, 1.165) is 23.4 Å². The van der Waals surface area contributed by atoms with Gasteiger partial charge in [-0.05, 0) is 49.2 Å². The highest BCUT2D eigenvalue weighted by molar-refractivity contribution is 5.94. The van der Waals surface area contributed by atoms with Gasteiger partial charge >= 0.3 is 0 Å². The van der Waals surface area contributed by atoms with Gasteiger partial charge in [0.05, 0.1) is 12.4 Å². The molecule has 0 aliphatic heterocycles. The molecule has 0 atom stereocenters. The van der Waals surface area contributed by atoms with E-state index in [-0.39, 0.29) is 12.0 Å². The van der Waals surface area contributed by atoms with Crippen molar-refractivity contribution in [2.75, 3.05) is 0 Å². The Morgan fingerprint density at radius 3 is 2.38 bits per heavy atom. The topological polar surface area (TPSA) is 56.1 Å². The zero-order chi connectivity index (χ0) is 18.4. The van der Waals surface area contributed by atoms with Crippen LogP contribution in [0, 0.1) is 0 Å². The quantitative estimate of drug-likeness (QED) is 0.708. The molecule has 0 radical (unpaired) electrons. The van der Waals surface area contributed by atoms with Gasteiger partial charge in [0, 0.05) is 31.0 Å². The summed E-state index contributed by atoms with van der Waals surface area (Å²) in [6.07, 6.45) is 5.59. The maximum absolute atomic E-state index is 12.3. The number of nitrogens with one attached hydrogen (secondary N) is 1. The zero-order valence-electron chi connectivity index (χ0n) is 15.1. The fraction of sp³-hybridized carbons (Fsp3) is 0.238. The first-order chi connectivity index (χ1) is 12.6. The number of amides is 1. The summed E-state index contributed by atoms with van der Waals surface area (Å²) in [5.74, 6) is 0.755. The van der Waals surface area contributed by atoms with E-state index in [1.807, 2.05) is 73.1 Å². The Labute approximate surface area is 153 Å². The van der Waals surface area contributed by atoms with Crippen LogP contribution in [0.15, 0.2) is 67.3 Å². The van der Waals surface area contributed by atoms with E-state index >= 15 is 0 Å². The molecular weight excluding hydrogens is 326 g/mol. The lowest BCUT2D eigenvalue weighted by Crippen LogP contribution is -2.22. The molecule has 1 N–H and O–H groups in total. The molecule has 0 unspecified atom stereocenters. The highest BCUT2D eigenvalue weighted by Crippen LogP contribution is 2.14. The highest BCUT2D eigenvalue weighted by Gasteiger charge is 2.06. The monoisotopic (exact) mass is 349 g/mol. The Morgan fingerprint density at radius 1 is 1.08 bits per heavy atom. The van der Waals surface area contributed by atoms with Crippen LogP contribution in [-0.4, -0.2) is 21.6 Å². The molecule has 5 heteroatoms. The first-order valence-corrected chi connectivity index (χ1v) is 8.68. The molecule has 26 heavy (non-hydrogen) atoms. The van der Waals surface area contributed by atoms with Crippen LogP contribution in [0.1, 0.15) is 35.3 Å². The molecule has 134 valence electrons. The molecule has 5 nitrogen and oxygen atoms in total. The summed E-state index contributed by atoms with van der Waals surface area (Å²) < 4.78 is 7.61. The van der Waals surface area contributed by atoms with Crippen LogP contribution in [0.2, 0.25) is 0 Å². The van der Waals surface area contributed by atoms with Crippen LogP contribution < -0.4 is 10.1 Å². The van der Waals surface area contributed by atoms with Gasteiger partial charge in [-0.3, -0.25) is 4.79 Å². The number of rotatable bonds is 7. The number of carbonyl (C=O) groups excluding carboxylic acids is 1. The second kappa shape index (κ2) is 8.34. The van der Waals surface area contributed by atoms with Crippen LogP contribution in [0.5, 0.6) is 5.75 Å². The van der Waals surface area contributed by atoms with Crippen molar-refractivity contribution in [1.82, 2.24) is 14.9 Å². The van der Waals surface area contributed by atoms with E-state index in [0.29, 0.717) is 12.1 Å². The molecule has 0 saturated heterocycles. The van der Waals surface area contributed by atoms with Crippen molar-refractivity contribution in [3.05, 3.63) is 83.9 Å². The number of imidazole rings is 1. The van der Waals surface area contributed by atoms with Crippen LogP contribution in [-0.2, 0) is 13.1 Å². The molecule has 3 rings (SSSR count). The van der Waals surface area contributed by atoms with Crippen LogP contribution in [0.3, 0.4) is 0 Å². The molecule has 0 bridgehead atoms. The minimum Gasteiger partial charge on any atom is -0.491 e. The van der Waals surface area contributed by atoms with E-state index in [4.69, 9.17) is 4.74 Å². The molecule has 0 fully saturated rings. The van der Waals surface area contributed by atoms with E-state index in [2.05, 4.69) is 10.3 Å². The van der Waals surface area contributed by atoms with Gasteiger partial charge in [0.2, 0.25) is 0 Å².